The Kier molecular flexibility index (Phi) is 6.36. The first-order valence-corrected chi connectivity index (χ1v) is 7.98. The zero-order valence-corrected chi connectivity index (χ0v) is 15.4. The molecule has 6 nitrogen and oxygen atoms in total. The normalized spacial score (nSPS) is 10.1. The Morgan fingerprint density at radius 3 is 2.04 bits per heavy atom. The summed E-state index contributed by atoms with van der Waals surface area (Å²) < 4.78 is 10.2. The van der Waals surface area contributed by atoms with Crippen molar-refractivity contribution in [3.05, 3.63) is 45.4 Å². The van der Waals surface area contributed by atoms with Gasteiger partial charge in [0.15, 0.2) is 0 Å². The molecule has 0 atom stereocenters. The Morgan fingerprint density at radius 2 is 1.44 bits per heavy atom. The molecule has 0 unspecified atom stereocenters. The number of anilines is 2. The lowest BCUT2D eigenvalue weighted by Gasteiger charge is -2.13. The van der Waals surface area contributed by atoms with Crippen molar-refractivity contribution in [1.29, 1.82) is 0 Å². The fraction of sp³-hybridized carbons (Fsp3) is 0.125. The molecule has 0 bridgehead atoms. The fourth-order valence-corrected chi connectivity index (χ4v) is 2.50. The van der Waals surface area contributed by atoms with Crippen LogP contribution in [0.25, 0.3) is 0 Å². The van der Waals surface area contributed by atoms with E-state index in [1.807, 2.05) is 0 Å². The highest BCUT2D eigenvalue weighted by molar-refractivity contribution is 6.47. The van der Waals surface area contributed by atoms with E-state index in [0.717, 1.165) is 0 Å². The number of carbonyl (C=O) groups is 2. The van der Waals surface area contributed by atoms with Gasteiger partial charge >= 0.3 is 11.8 Å². The lowest BCUT2D eigenvalue weighted by molar-refractivity contribution is -0.133. The molecule has 0 heterocycles. The van der Waals surface area contributed by atoms with Crippen molar-refractivity contribution in [3.63, 3.8) is 0 Å². The first kappa shape index (κ1) is 19.2. The summed E-state index contributed by atoms with van der Waals surface area (Å²) in [4.78, 5) is 24.2. The molecule has 2 aromatic rings. The maximum atomic E-state index is 12.1. The van der Waals surface area contributed by atoms with Crippen LogP contribution in [0, 0.1) is 0 Å². The molecule has 0 spiro atoms. The van der Waals surface area contributed by atoms with Crippen LogP contribution in [0.3, 0.4) is 0 Å². The van der Waals surface area contributed by atoms with E-state index in [4.69, 9.17) is 44.3 Å². The molecule has 2 aromatic carbocycles. The standard InChI is InChI=1S/C16H13Cl3N2O4/c1-24-12-7-11(13(25-2)6-9(12)18)21-16(23)15(22)20-10-5-3-4-8(17)14(10)19/h3-7H,1-2H3,(H,20,22)(H,21,23). The second-order valence-corrected chi connectivity index (χ2v) is 5.89. The highest BCUT2D eigenvalue weighted by Crippen LogP contribution is 2.36. The summed E-state index contributed by atoms with van der Waals surface area (Å²) in [7, 11) is 2.83. The van der Waals surface area contributed by atoms with Gasteiger partial charge in [0.05, 0.1) is 40.7 Å². The molecular weight excluding hydrogens is 391 g/mol. The molecule has 2 amide bonds. The molecule has 0 aliphatic carbocycles. The van der Waals surface area contributed by atoms with Crippen molar-refractivity contribution in [2.24, 2.45) is 0 Å². The van der Waals surface area contributed by atoms with E-state index in [-0.39, 0.29) is 27.2 Å². The van der Waals surface area contributed by atoms with Crippen LogP contribution in [0.5, 0.6) is 11.5 Å². The lowest BCUT2D eigenvalue weighted by Crippen LogP contribution is -2.29. The second kappa shape index (κ2) is 8.29. The molecule has 0 saturated heterocycles. The van der Waals surface area contributed by atoms with Crippen LogP contribution >= 0.6 is 34.8 Å². The van der Waals surface area contributed by atoms with Gasteiger partial charge in [-0.2, -0.15) is 0 Å². The molecule has 0 aromatic heterocycles. The van der Waals surface area contributed by atoms with Crippen molar-refractivity contribution in [2.45, 2.75) is 0 Å². The maximum absolute atomic E-state index is 12.1. The largest absolute Gasteiger partial charge is 0.495 e. The lowest BCUT2D eigenvalue weighted by atomic mass is 10.2. The molecular formula is C16H13Cl3N2O4. The van der Waals surface area contributed by atoms with E-state index >= 15 is 0 Å². The van der Waals surface area contributed by atoms with Gasteiger partial charge in [-0.25, -0.2) is 0 Å². The molecule has 0 fully saturated rings. The average molecular weight is 404 g/mol. The third-order valence-corrected chi connectivity index (χ3v) is 4.24. The van der Waals surface area contributed by atoms with Crippen molar-refractivity contribution in [3.8, 4) is 11.5 Å². The molecule has 25 heavy (non-hydrogen) atoms. The van der Waals surface area contributed by atoms with Gasteiger partial charge in [0.25, 0.3) is 0 Å². The Hall–Kier alpha value is -2.15. The van der Waals surface area contributed by atoms with Crippen molar-refractivity contribution in [2.75, 3.05) is 24.9 Å². The summed E-state index contributed by atoms with van der Waals surface area (Å²) in [5.74, 6) is -1.28. The summed E-state index contributed by atoms with van der Waals surface area (Å²) in [6.07, 6.45) is 0. The average Bonchev–Trinajstić information content (AvgIpc) is 2.59. The summed E-state index contributed by atoms with van der Waals surface area (Å²) in [5, 5.41) is 5.50. The second-order valence-electron chi connectivity index (χ2n) is 4.70. The van der Waals surface area contributed by atoms with Gasteiger partial charge in [-0.3, -0.25) is 9.59 Å². The van der Waals surface area contributed by atoms with Crippen LogP contribution in [0.15, 0.2) is 30.3 Å². The van der Waals surface area contributed by atoms with Gasteiger partial charge in [-0.15, -0.1) is 0 Å². The summed E-state index contributed by atoms with van der Waals surface area (Å²) >= 11 is 17.8. The van der Waals surface area contributed by atoms with E-state index in [9.17, 15) is 9.59 Å². The zero-order valence-electron chi connectivity index (χ0n) is 13.2. The van der Waals surface area contributed by atoms with Gasteiger partial charge in [-0.05, 0) is 12.1 Å². The van der Waals surface area contributed by atoms with Crippen LogP contribution in [-0.4, -0.2) is 26.0 Å². The first-order valence-electron chi connectivity index (χ1n) is 6.85. The summed E-state index contributed by atoms with van der Waals surface area (Å²) in [5.41, 5.74) is 0.441. The van der Waals surface area contributed by atoms with Crippen LogP contribution < -0.4 is 20.1 Å². The number of nitrogens with one attached hydrogen (secondary N) is 2. The number of hydrogen-bond donors (Lipinski definition) is 2. The summed E-state index contributed by atoms with van der Waals surface area (Å²) in [6.45, 7) is 0. The third-order valence-electron chi connectivity index (χ3n) is 3.13. The van der Waals surface area contributed by atoms with E-state index in [2.05, 4.69) is 10.6 Å². The smallest absolute Gasteiger partial charge is 0.314 e. The van der Waals surface area contributed by atoms with Crippen molar-refractivity contribution >= 4 is 58.0 Å². The Bertz CT molecular complexity index is 827. The molecule has 9 heteroatoms. The Labute approximate surface area is 159 Å². The number of ether oxygens (including phenoxy) is 2. The monoisotopic (exact) mass is 402 g/mol. The molecule has 0 aliphatic heterocycles. The van der Waals surface area contributed by atoms with E-state index in [1.54, 1.807) is 12.1 Å². The minimum atomic E-state index is -0.932. The summed E-state index contributed by atoms with van der Waals surface area (Å²) in [6, 6.07) is 7.57. The fourth-order valence-electron chi connectivity index (χ4n) is 1.92. The van der Waals surface area contributed by atoms with Crippen molar-refractivity contribution < 1.29 is 19.1 Å². The minimum absolute atomic E-state index is 0.135. The molecule has 2 N–H and O–H groups in total. The molecule has 0 radical (unpaired) electrons. The van der Waals surface area contributed by atoms with E-state index in [0.29, 0.717) is 10.8 Å². The minimum Gasteiger partial charge on any atom is -0.495 e. The number of rotatable bonds is 4. The number of halogens is 3. The van der Waals surface area contributed by atoms with E-state index < -0.39 is 11.8 Å². The Balaban J connectivity index is 2.19. The predicted molar refractivity (Wildman–Crippen MR) is 98.3 cm³/mol. The third kappa shape index (κ3) is 4.48. The van der Waals surface area contributed by atoms with Gasteiger partial charge < -0.3 is 20.1 Å². The number of carbonyl (C=O) groups excluding carboxylic acids is 2. The quantitative estimate of drug-likeness (QED) is 0.749. The maximum Gasteiger partial charge on any atom is 0.314 e. The predicted octanol–water partition coefficient (Wildman–Crippen LogP) is 4.24. The molecule has 0 saturated carbocycles. The van der Waals surface area contributed by atoms with Crippen LogP contribution in [0.4, 0.5) is 11.4 Å². The van der Waals surface area contributed by atoms with Crippen LogP contribution in [0.1, 0.15) is 0 Å². The molecule has 2 rings (SSSR count). The highest BCUT2D eigenvalue weighted by Gasteiger charge is 2.19. The van der Waals surface area contributed by atoms with Gasteiger partial charge in [0.2, 0.25) is 0 Å². The van der Waals surface area contributed by atoms with Gasteiger partial charge in [0, 0.05) is 12.1 Å². The van der Waals surface area contributed by atoms with Gasteiger partial charge in [-0.1, -0.05) is 40.9 Å². The number of benzene rings is 2. The van der Waals surface area contributed by atoms with Crippen molar-refractivity contribution in [1.82, 2.24) is 0 Å². The van der Waals surface area contributed by atoms with Crippen LogP contribution in [-0.2, 0) is 9.59 Å². The highest BCUT2D eigenvalue weighted by atomic mass is 35.5. The number of methoxy groups -OCH3 is 2. The van der Waals surface area contributed by atoms with Crippen LogP contribution in [0.2, 0.25) is 15.1 Å². The first-order chi connectivity index (χ1) is 11.9. The molecule has 0 aliphatic rings. The molecule has 132 valence electrons. The zero-order chi connectivity index (χ0) is 18.6. The number of amides is 2. The Morgan fingerprint density at radius 1 is 0.840 bits per heavy atom. The van der Waals surface area contributed by atoms with E-state index in [1.165, 1.54) is 32.4 Å². The SMILES string of the molecule is COc1cc(NC(=O)C(=O)Nc2cccc(Cl)c2Cl)c(OC)cc1Cl. The topological polar surface area (TPSA) is 76.7 Å². The number of hydrogen-bond acceptors (Lipinski definition) is 4. The van der Waals surface area contributed by atoms with Gasteiger partial charge in [0.1, 0.15) is 11.5 Å².